The summed E-state index contributed by atoms with van der Waals surface area (Å²) in [4.78, 5) is 31.1. The SMILES string of the molecule is C=CC(=O)C(CC(=O)O)C(=O)O. The Hall–Kier alpha value is -1.65. The molecule has 5 heteroatoms. The number of allylic oxidation sites excluding steroid dienone is 1. The third-order valence-corrected chi connectivity index (χ3v) is 1.22. The Morgan fingerprint density at radius 1 is 1.33 bits per heavy atom. The number of aliphatic carboxylic acids is 2. The number of carbonyl (C=O) groups excluding carboxylic acids is 1. The third-order valence-electron chi connectivity index (χ3n) is 1.22. The lowest BCUT2D eigenvalue weighted by Crippen LogP contribution is -2.24. The highest BCUT2D eigenvalue weighted by molar-refractivity contribution is 6.05. The van der Waals surface area contributed by atoms with Crippen LogP contribution < -0.4 is 0 Å². The molecule has 0 amide bonds. The molecule has 2 N–H and O–H groups in total. The summed E-state index contributed by atoms with van der Waals surface area (Å²) in [5, 5.41) is 16.6. The molecule has 0 radical (unpaired) electrons. The minimum absolute atomic E-state index is 0.708. The van der Waals surface area contributed by atoms with Gasteiger partial charge in [0.2, 0.25) is 0 Å². The predicted molar refractivity (Wildman–Crippen MR) is 38.6 cm³/mol. The van der Waals surface area contributed by atoms with Crippen molar-refractivity contribution in [3.05, 3.63) is 12.7 Å². The molecule has 0 aromatic heterocycles. The quantitative estimate of drug-likeness (QED) is 0.447. The van der Waals surface area contributed by atoms with Gasteiger partial charge in [0.1, 0.15) is 5.92 Å². The van der Waals surface area contributed by atoms with Crippen LogP contribution in [0, 0.1) is 5.92 Å². The molecular formula is C7H8O5. The highest BCUT2D eigenvalue weighted by atomic mass is 16.4. The molecule has 5 nitrogen and oxygen atoms in total. The molecule has 0 bridgehead atoms. The van der Waals surface area contributed by atoms with E-state index in [1.54, 1.807) is 0 Å². The summed E-state index contributed by atoms with van der Waals surface area (Å²) in [7, 11) is 0. The van der Waals surface area contributed by atoms with Crippen LogP contribution in [0.25, 0.3) is 0 Å². The van der Waals surface area contributed by atoms with Crippen LogP contribution >= 0.6 is 0 Å². The van der Waals surface area contributed by atoms with Crippen molar-refractivity contribution in [2.24, 2.45) is 5.92 Å². The minimum Gasteiger partial charge on any atom is -0.481 e. The zero-order valence-corrected chi connectivity index (χ0v) is 6.19. The molecule has 0 fully saturated rings. The van der Waals surface area contributed by atoms with Gasteiger partial charge in [0, 0.05) is 0 Å². The molecule has 0 aromatic rings. The number of carboxylic acids is 2. The second-order valence-electron chi connectivity index (χ2n) is 2.10. The normalized spacial score (nSPS) is 11.7. The molecule has 1 unspecified atom stereocenters. The first-order chi connectivity index (χ1) is 5.49. The zero-order valence-electron chi connectivity index (χ0n) is 6.19. The zero-order chi connectivity index (χ0) is 9.72. The smallest absolute Gasteiger partial charge is 0.315 e. The maximum atomic E-state index is 10.7. The number of ketones is 1. The molecule has 0 heterocycles. The third kappa shape index (κ3) is 2.96. The fraction of sp³-hybridized carbons (Fsp3) is 0.286. The van der Waals surface area contributed by atoms with Gasteiger partial charge in [-0.1, -0.05) is 6.58 Å². The molecule has 12 heavy (non-hydrogen) atoms. The van der Waals surface area contributed by atoms with Crippen LogP contribution in [0.15, 0.2) is 12.7 Å². The van der Waals surface area contributed by atoms with Crippen LogP contribution in [0.4, 0.5) is 0 Å². The first kappa shape index (κ1) is 10.3. The summed E-state index contributed by atoms with van der Waals surface area (Å²) in [6.07, 6.45) is 0.0991. The van der Waals surface area contributed by atoms with E-state index in [0.717, 1.165) is 6.08 Å². The van der Waals surface area contributed by atoms with E-state index in [9.17, 15) is 14.4 Å². The summed E-state index contributed by atoms with van der Waals surface area (Å²) in [5.41, 5.74) is 0. The van der Waals surface area contributed by atoms with Crippen molar-refractivity contribution >= 4 is 17.7 Å². The topological polar surface area (TPSA) is 91.7 Å². The Morgan fingerprint density at radius 3 is 2.08 bits per heavy atom. The average Bonchev–Trinajstić information content (AvgIpc) is 1.98. The lowest BCUT2D eigenvalue weighted by Gasteiger charge is -2.03. The van der Waals surface area contributed by atoms with E-state index in [1.807, 2.05) is 0 Å². The molecule has 0 spiro atoms. The molecule has 0 aromatic carbocycles. The van der Waals surface area contributed by atoms with Crippen molar-refractivity contribution in [2.45, 2.75) is 6.42 Å². The predicted octanol–water partition coefficient (Wildman–Crippen LogP) is -0.0830. The summed E-state index contributed by atoms with van der Waals surface area (Å²) >= 11 is 0. The fourth-order valence-corrected chi connectivity index (χ4v) is 0.626. The highest BCUT2D eigenvalue weighted by Gasteiger charge is 2.26. The second-order valence-corrected chi connectivity index (χ2v) is 2.10. The molecule has 0 rings (SSSR count). The highest BCUT2D eigenvalue weighted by Crippen LogP contribution is 2.05. The van der Waals surface area contributed by atoms with Crippen molar-refractivity contribution < 1.29 is 24.6 Å². The molecule has 0 saturated carbocycles. The minimum atomic E-state index is -1.51. The van der Waals surface area contributed by atoms with Crippen LogP contribution in [-0.4, -0.2) is 27.9 Å². The molecule has 0 aliphatic heterocycles. The first-order valence-corrected chi connectivity index (χ1v) is 3.10. The van der Waals surface area contributed by atoms with Crippen molar-refractivity contribution in [1.82, 2.24) is 0 Å². The van der Waals surface area contributed by atoms with Gasteiger partial charge in [0.15, 0.2) is 5.78 Å². The van der Waals surface area contributed by atoms with Crippen LogP contribution in [-0.2, 0) is 14.4 Å². The van der Waals surface area contributed by atoms with Gasteiger partial charge in [-0.25, -0.2) is 0 Å². The summed E-state index contributed by atoms with van der Waals surface area (Å²) in [6, 6.07) is 0. The molecule has 66 valence electrons. The van der Waals surface area contributed by atoms with Crippen molar-refractivity contribution in [3.63, 3.8) is 0 Å². The van der Waals surface area contributed by atoms with Crippen LogP contribution in [0.1, 0.15) is 6.42 Å². The van der Waals surface area contributed by atoms with Crippen LogP contribution in [0.2, 0.25) is 0 Å². The van der Waals surface area contributed by atoms with Gasteiger partial charge in [-0.2, -0.15) is 0 Å². The number of carboxylic acid groups (broad SMARTS) is 2. The van der Waals surface area contributed by atoms with Gasteiger partial charge in [-0.05, 0) is 6.08 Å². The van der Waals surface area contributed by atoms with Gasteiger partial charge in [0.05, 0.1) is 6.42 Å². The van der Waals surface area contributed by atoms with E-state index in [0.29, 0.717) is 0 Å². The van der Waals surface area contributed by atoms with E-state index in [4.69, 9.17) is 10.2 Å². The number of rotatable bonds is 5. The Balaban J connectivity index is 4.43. The second kappa shape index (κ2) is 4.27. The standard InChI is InChI=1S/C7H8O5/c1-2-5(8)4(7(11)12)3-6(9)10/h2,4H,1,3H2,(H,9,10)(H,11,12). The Kier molecular flexibility index (Phi) is 3.69. The van der Waals surface area contributed by atoms with E-state index < -0.39 is 30.1 Å². The Labute approximate surface area is 68.3 Å². The molecule has 0 aliphatic carbocycles. The molecule has 0 aliphatic rings. The number of hydrogen-bond acceptors (Lipinski definition) is 3. The van der Waals surface area contributed by atoms with E-state index in [1.165, 1.54) is 0 Å². The van der Waals surface area contributed by atoms with Gasteiger partial charge in [-0.3, -0.25) is 14.4 Å². The molecule has 0 saturated heterocycles. The van der Waals surface area contributed by atoms with E-state index in [-0.39, 0.29) is 0 Å². The Morgan fingerprint density at radius 2 is 1.83 bits per heavy atom. The number of carbonyl (C=O) groups is 3. The van der Waals surface area contributed by atoms with Crippen molar-refractivity contribution in [3.8, 4) is 0 Å². The van der Waals surface area contributed by atoms with Gasteiger partial charge >= 0.3 is 11.9 Å². The molecular weight excluding hydrogens is 164 g/mol. The van der Waals surface area contributed by atoms with Crippen LogP contribution in [0.5, 0.6) is 0 Å². The summed E-state index contributed by atoms with van der Waals surface area (Å²) in [5.74, 6) is -5.07. The van der Waals surface area contributed by atoms with Crippen molar-refractivity contribution in [2.75, 3.05) is 0 Å². The van der Waals surface area contributed by atoms with E-state index >= 15 is 0 Å². The lowest BCUT2D eigenvalue weighted by atomic mass is 10.0. The lowest BCUT2D eigenvalue weighted by molar-refractivity contribution is -0.151. The maximum absolute atomic E-state index is 10.7. The van der Waals surface area contributed by atoms with E-state index in [2.05, 4.69) is 6.58 Å². The molecule has 1 atom stereocenters. The van der Waals surface area contributed by atoms with Crippen LogP contribution in [0.3, 0.4) is 0 Å². The van der Waals surface area contributed by atoms with Gasteiger partial charge in [0.25, 0.3) is 0 Å². The van der Waals surface area contributed by atoms with Crippen molar-refractivity contribution in [1.29, 1.82) is 0 Å². The van der Waals surface area contributed by atoms with Gasteiger partial charge in [-0.15, -0.1) is 0 Å². The van der Waals surface area contributed by atoms with Gasteiger partial charge < -0.3 is 10.2 Å². The maximum Gasteiger partial charge on any atom is 0.315 e. The average molecular weight is 172 g/mol. The Bertz CT molecular complexity index is 230. The fourth-order valence-electron chi connectivity index (χ4n) is 0.626. The first-order valence-electron chi connectivity index (χ1n) is 3.10. The number of hydrogen-bond donors (Lipinski definition) is 2. The summed E-state index contributed by atoms with van der Waals surface area (Å²) in [6.45, 7) is 3.07. The monoisotopic (exact) mass is 172 g/mol. The largest absolute Gasteiger partial charge is 0.481 e. The summed E-state index contributed by atoms with van der Waals surface area (Å²) < 4.78 is 0.